The van der Waals surface area contributed by atoms with Crippen LogP contribution in [0.15, 0.2) is 30.3 Å². The minimum atomic E-state index is 0.401. The van der Waals surface area contributed by atoms with Crippen LogP contribution in [0.3, 0.4) is 0 Å². The highest BCUT2D eigenvalue weighted by Crippen LogP contribution is 2.33. The van der Waals surface area contributed by atoms with Crippen LogP contribution in [0.4, 0.5) is 0 Å². The molecule has 1 aromatic rings. The van der Waals surface area contributed by atoms with Crippen molar-refractivity contribution in [1.82, 2.24) is 0 Å². The Hall–Kier alpha value is 0.530. The Kier molecular flexibility index (Phi) is 7.02. The van der Waals surface area contributed by atoms with E-state index in [9.17, 15) is 0 Å². The molecule has 1 rings (SSSR count). The van der Waals surface area contributed by atoms with Crippen LogP contribution in [0.2, 0.25) is 0 Å². The molecule has 0 nitrogen and oxygen atoms in total. The lowest BCUT2D eigenvalue weighted by Gasteiger charge is -2.16. The topological polar surface area (TPSA) is 0 Å². The summed E-state index contributed by atoms with van der Waals surface area (Å²) in [6.07, 6.45) is 3.61. The van der Waals surface area contributed by atoms with Gasteiger partial charge in [0.1, 0.15) is 0 Å². The molecule has 0 spiro atoms. The zero-order valence-corrected chi connectivity index (χ0v) is 12.6. The van der Waals surface area contributed by atoms with E-state index < -0.39 is 0 Å². The number of alkyl halides is 2. The summed E-state index contributed by atoms with van der Waals surface area (Å²) in [5.74, 6) is 0.984. The second-order valence-corrected chi connectivity index (χ2v) is 6.16. The maximum absolute atomic E-state index is 4.22. The molecule has 0 N–H and O–H groups in total. The van der Waals surface area contributed by atoms with E-state index in [2.05, 4.69) is 68.8 Å². The first-order chi connectivity index (χ1) is 7.25. The fourth-order valence-corrected chi connectivity index (χ4v) is 2.87. The van der Waals surface area contributed by atoms with Crippen molar-refractivity contribution < 1.29 is 0 Å². The third-order valence-corrected chi connectivity index (χ3v) is 5.50. The Morgan fingerprint density at radius 1 is 1.07 bits per heavy atom. The van der Waals surface area contributed by atoms with Gasteiger partial charge < -0.3 is 0 Å². The second kappa shape index (κ2) is 7.75. The highest BCUT2D eigenvalue weighted by molar-refractivity contribution is 9.12. The summed E-state index contributed by atoms with van der Waals surface area (Å²) in [5.41, 5.74) is 1.34. The van der Waals surface area contributed by atoms with Gasteiger partial charge in [0.25, 0.3) is 0 Å². The summed E-state index contributed by atoms with van der Waals surface area (Å²) in [5, 5.41) is 0. The van der Waals surface area contributed by atoms with Gasteiger partial charge in [-0.15, -0.1) is 0 Å². The summed E-state index contributed by atoms with van der Waals surface area (Å²) in [4.78, 5) is 0.901. The molecule has 0 fully saturated rings. The standard InChI is InChI=1S/C12H16Br2S/c13-11(8-4-5-9-15)12(14)10-6-2-1-3-7-10/h1-3,6-7,11-12,15H,4-5,8-9H2/t11-,12+/m1/s1. The fourth-order valence-electron chi connectivity index (χ4n) is 1.44. The van der Waals surface area contributed by atoms with E-state index >= 15 is 0 Å². The Labute approximate surface area is 115 Å². The van der Waals surface area contributed by atoms with E-state index in [1.807, 2.05) is 6.07 Å². The van der Waals surface area contributed by atoms with Crippen LogP contribution >= 0.6 is 44.5 Å². The summed E-state index contributed by atoms with van der Waals surface area (Å²) >= 11 is 11.7. The summed E-state index contributed by atoms with van der Waals surface area (Å²) < 4.78 is 0. The van der Waals surface area contributed by atoms with Gasteiger partial charge in [-0.2, -0.15) is 12.6 Å². The molecule has 0 aliphatic carbocycles. The second-order valence-electron chi connectivity index (χ2n) is 3.55. The zero-order valence-electron chi connectivity index (χ0n) is 8.57. The third-order valence-electron chi connectivity index (χ3n) is 2.32. The van der Waals surface area contributed by atoms with Crippen molar-refractivity contribution in [2.24, 2.45) is 0 Å². The Bertz CT molecular complexity index is 264. The van der Waals surface area contributed by atoms with Crippen LogP contribution in [0.25, 0.3) is 0 Å². The molecule has 0 saturated heterocycles. The Morgan fingerprint density at radius 2 is 1.73 bits per heavy atom. The van der Waals surface area contributed by atoms with E-state index in [0.717, 1.165) is 5.75 Å². The maximum atomic E-state index is 4.22. The van der Waals surface area contributed by atoms with Crippen molar-refractivity contribution in [2.75, 3.05) is 5.75 Å². The van der Waals surface area contributed by atoms with Gasteiger partial charge in [-0.1, -0.05) is 68.6 Å². The predicted molar refractivity (Wildman–Crippen MR) is 78.5 cm³/mol. The van der Waals surface area contributed by atoms with Gasteiger partial charge >= 0.3 is 0 Å². The van der Waals surface area contributed by atoms with Gasteiger partial charge in [0.05, 0.1) is 4.83 Å². The first-order valence-electron chi connectivity index (χ1n) is 5.19. The highest BCUT2D eigenvalue weighted by Gasteiger charge is 2.16. The summed E-state index contributed by atoms with van der Waals surface area (Å²) in [6.45, 7) is 0. The third kappa shape index (κ3) is 4.92. The number of hydrogen-bond acceptors (Lipinski definition) is 1. The van der Waals surface area contributed by atoms with Crippen molar-refractivity contribution in [3.8, 4) is 0 Å². The van der Waals surface area contributed by atoms with Crippen LogP contribution < -0.4 is 0 Å². The van der Waals surface area contributed by atoms with Gasteiger partial charge in [-0.05, 0) is 24.2 Å². The minimum Gasteiger partial charge on any atom is -0.179 e. The SMILES string of the molecule is SCCCC[C@@H](Br)[C@@H](Br)c1ccccc1. The van der Waals surface area contributed by atoms with Crippen molar-refractivity contribution in [3.05, 3.63) is 35.9 Å². The van der Waals surface area contributed by atoms with E-state index in [0.29, 0.717) is 9.65 Å². The Morgan fingerprint density at radius 3 is 2.33 bits per heavy atom. The van der Waals surface area contributed by atoms with Gasteiger partial charge in [-0.25, -0.2) is 0 Å². The number of halogens is 2. The van der Waals surface area contributed by atoms with Crippen molar-refractivity contribution in [3.63, 3.8) is 0 Å². The quantitative estimate of drug-likeness (QED) is 0.416. The highest BCUT2D eigenvalue weighted by atomic mass is 79.9. The molecule has 15 heavy (non-hydrogen) atoms. The van der Waals surface area contributed by atoms with Gasteiger partial charge in [0, 0.05) is 4.83 Å². The molecule has 0 bridgehead atoms. The molecule has 3 heteroatoms. The molecule has 1 aromatic carbocycles. The van der Waals surface area contributed by atoms with Crippen LogP contribution in [0, 0.1) is 0 Å². The molecule has 0 radical (unpaired) electrons. The van der Waals surface area contributed by atoms with E-state index in [-0.39, 0.29) is 0 Å². The minimum absolute atomic E-state index is 0.401. The van der Waals surface area contributed by atoms with Gasteiger partial charge in [0.2, 0.25) is 0 Å². The molecule has 0 heterocycles. The average molecular weight is 352 g/mol. The number of benzene rings is 1. The molecule has 0 aliphatic heterocycles. The van der Waals surface area contributed by atoms with Crippen molar-refractivity contribution >= 4 is 44.5 Å². The number of hydrogen-bond donors (Lipinski definition) is 1. The van der Waals surface area contributed by atoms with Crippen LogP contribution in [-0.2, 0) is 0 Å². The Balaban J connectivity index is 2.42. The lowest BCUT2D eigenvalue weighted by Crippen LogP contribution is -2.06. The van der Waals surface area contributed by atoms with Crippen molar-refractivity contribution in [2.45, 2.75) is 28.9 Å². The maximum Gasteiger partial charge on any atom is 0.0520 e. The summed E-state index contributed by atoms with van der Waals surface area (Å²) in [7, 11) is 0. The van der Waals surface area contributed by atoms with Gasteiger partial charge in [-0.3, -0.25) is 0 Å². The molecule has 0 aliphatic rings. The largest absolute Gasteiger partial charge is 0.179 e. The zero-order chi connectivity index (χ0) is 11.1. The normalized spacial score (nSPS) is 14.9. The molecule has 2 atom stereocenters. The first kappa shape index (κ1) is 13.6. The van der Waals surface area contributed by atoms with Crippen molar-refractivity contribution in [1.29, 1.82) is 0 Å². The van der Waals surface area contributed by atoms with Crippen LogP contribution in [-0.4, -0.2) is 10.6 Å². The lowest BCUT2D eigenvalue weighted by molar-refractivity contribution is 0.689. The monoisotopic (exact) mass is 350 g/mol. The molecule has 0 unspecified atom stereocenters. The number of thiol groups is 1. The van der Waals surface area contributed by atoms with E-state index in [1.165, 1.54) is 24.8 Å². The molecular formula is C12H16Br2S. The number of rotatable bonds is 6. The lowest BCUT2D eigenvalue weighted by atomic mass is 10.1. The first-order valence-corrected chi connectivity index (χ1v) is 7.66. The van der Waals surface area contributed by atoms with E-state index in [4.69, 9.17) is 0 Å². The molecule has 0 aromatic heterocycles. The summed E-state index contributed by atoms with van der Waals surface area (Å²) in [6, 6.07) is 10.5. The van der Waals surface area contributed by atoms with Crippen LogP contribution in [0.5, 0.6) is 0 Å². The molecule has 0 amide bonds. The van der Waals surface area contributed by atoms with Crippen LogP contribution in [0.1, 0.15) is 29.7 Å². The predicted octanol–water partition coefficient (Wildman–Crippen LogP) is 4.99. The molecular weight excluding hydrogens is 336 g/mol. The average Bonchev–Trinajstić information content (AvgIpc) is 2.29. The van der Waals surface area contributed by atoms with Gasteiger partial charge in [0.15, 0.2) is 0 Å². The molecule has 0 saturated carbocycles. The number of unbranched alkanes of at least 4 members (excludes halogenated alkanes) is 1. The smallest absolute Gasteiger partial charge is 0.0520 e. The fraction of sp³-hybridized carbons (Fsp3) is 0.500. The van der Waals surface area contributed by atoms with E-state index in [1.54, 1.807) is 0 Å². The molecule has 84 valence electrons.